The van der Waals surface area contributed by atoms with Gasteiger partial charge in [0.1, 0.15) is 19.0 Å². The van der Waals surface area contributed by atoms with Gasteiger partial charge in [0, 0.05) is 6.08 Å². The standard InChI is InChI=1S/C12H14O3S/c1-2-12(13)15-9-11(16)8-14-10-6-4-3-5-7-10/h2-7,11,16H,1,8-9H2. The molecule has 0 aromatic heterocycles. The van der Waals surface area contributed by atoms with E-state index in [1.807, 2.05) is 30.3 Å². The second kappa shape index (κ2) is 6.95. The third-order valence-corrected chi connectivity index (χ3v) is 2.07. The van der Waals surface area contributed by atoms with Crippen molar-refractivity contribution in [2.45, 2.75) is 5.25 Å². The molecule has 0 bridgehead atoms. The van der Waals surface area contributed by atoms with E-state index in [0.29, 0.717) is 6.61 Å². The van der Waals surface area contributed by atoms with Gasteiger partial charge < -0.3 is 9.47 Å². The number of hydrogen-bond donors (Lipinski definition) is 1. The minimum Gasteiger partial charge on any atom is -0.492 e. The molecule has 0 aliphatic heterocycles. The average Bonchev–Trinajstić information content (AvgIpc) is 2.34. The number of hydrogen-bond acceptors (Lipinski definition) is 4. The molecule has 1 aromatic carbocycles. The summed E-state index contributed by atoms with van der Waals surface area (Å²) in [5, 5.41) is -0.149. The summed E-state index contributed by atoms with van der Waals surface area (Å²) in [7, 11) is 0. The lowest BCUT2D eigenvalue weighted by Crippen LogP contribution is -2.19. The van der Waals surface area contributed by atoms with Crippen LogP contribution >= 0.6 is 12.6 Å². The van der Waals surface area contributed by atoms with Crippen LogP contribution in [0, 0.1) is 0 Å². The molecule has 0 spiro atoms. The molecule has 0 amide bonds. The second-order valence-corrected chi connectivity index (χ2v) is 3.84. The lowest BCUT2D eigenvalue weighted by Gasteiger charge is -2.12. The number of esters is 1. The van der Waals surface area contributed by atoms with Crippen molar-refractivity contribution in [2.24, 2.45) is 0 Å². The summed E-state index contributed by atoms with van der Waals surface area (Å²) in [5.41, 5.74) is 0. The van der Waals surface area contributed by atoms with Crippen LogP contribution in [0.1, 0.15) is 0 Å². The van der Waals surface area contributed by atoms with Gasteiger partial charge >= 0.3 is 5.97 Å². The van der Waals surface area contributed by atoms with Gasteiger partial charge in [-0.05, 0) is 12.1 Å². The van der Waals surface area contributed by atoms with E-state index in [2.05, 4.69) is 19.2 Å². The van der Waals surface area contributed by atoms with Crippen molar-refractivity contribution in [1.29, 1.82) is 0 Å². The molecule has 1 rings (SSSR count). The van der Waals surface area contributed by atoms with E-state index in [-0.39, 0.29) is 11.9 Å². The lowest BCUT2D eigenvalue weighted by atomic mass is 10.3. The third kappa shape index (κ3) is 4.89. The topological polar surface area (TPSA) is 35.5 Å². The molecule has 86 valence electrons. The van der Waals surface area contributed by atoms with E-state index in [4.69, 9.17) is 9.47 Å². The van der Waals surface area contributed by atoms with Gasteiger partial charge in [-0.1, -0.05) is 24.8 Å². The zero-order chi connectivity index (χ0) is 11.8. The summed E-state index contributed by atoms with van der Waals surface area (Å²) in [5.74, 6) is 0.329. The molecule has 0 aliphatic carbocycles. The van der Waals surface area contributed by atoms with E-state index in [9.17, 15) is 4.79 Å². The highest BCUT2D eigenvalue weighted by atomic mass is 32.1. The van der Waals surface area contributed by atoms with Crippen molar-refractivity contribution in [3.05, 3.63) is 43.0 Å². The van der Waals surface area contributed by atoms with Gasteiger partial charge in [-0.25, -0.2) is 4.79 Å². The lowest BCUT2D eigenvalue weighted by molar-refractivity contribution is -0.137. The molecule has 0 aliphatic rings. The zero-order valence-electron chi connectivity index (χ0n) is 8.83. The zero-order valence-corrected chi connectivity index (χ0v) is 9.73. The van der Waals surface area contributed by atoms with Crippen molar-refractivity contribution in [2.75, 3.05) is 13.2 Å². The molecule has 0 saturated carbocycles. The Morgan fingerprint density at radius 1 is 1.38 bits per heavy atom. The monoisotopic (exact) mass is 238 g/mol. The largest absolute Gasteiger partial charge is 0.492 e. The molecule has 0 radical (unpaired) electrons. The Balaban J connectivity index is 2.22. The first-order chi connectivity index (χ1) is 7.72. The quantitative estimate of drug-likeness (QED) is 0.468. The van der Waals surface area contributed by atoms with Crippen LogP contribution < -0.4 is 4.74 Å². The van der Waals surface area contributed by atoms with Gasteiger partial charge in [0.05, 0.1) is 5.25 Å². The molecular weight excluding hydrogens is 224 g/mol. The van der Waals surface area contributed by atoms with Crippen LogP contribution in [-0.4, -0.2) is 24.4 Å². The van der Waals surface area contributed by atoms with E-state index in [1.54, 1.807) is 0 Å². The van der Waals surface area contributed by atoms with Crippen LogP contribution in [0.4, 0.5) is 0 Å². The third-order valence-electron chi connectivity index (χ3n) is 1.77. The summed E-state index contributed by atoms with van der Waals surface area (Å²) in [6.45, 7) is 3.90. The van der Waals surface area contributed by atoms with Crippen LogP contribution in [0.5, 0.6) is 5.75 Å². The number of benzene rings is 1. The molecule has 0 saturated heterocycles. The maximum Gasteiger partial charge on any atom is 0.330 e. The minimum absolute atomic E-state index is 0.149. The van der Waals surface area contributed by atoms with Gasteiger partial charge in [0.2, 0.25) is 0 Å². The Hall–Kier alpha value is -1.42. The smallest absolute Gasteiger partial charge is 0.330 e. The minimum atomic E-state index is -0.446. The van der Waals surface area contributed by atoms with E-state index < -0.39 is 5.97 Å². The fourth-order valence-electron chi connectivity index (χ4n) is 0.995. The SMILES string of the molecule is C=CC(=O)OCC(S)COc1ccccc1. The number of rotatable bonds is 6. The molecule has 0 N–H and O–H groups in total. The number of para-hydroxylation sites is 1. The highest BCUT2D eigenvalue weighted by Gasteiger charge is 2.06. The van der Waals surface area contributed by atoms with Crippen LogP contribution in [0.15, 0.2) is 43.0 Å². The summed E-state index contributed by atoms with van der Waals surface area (Å²) in [6.07, 6.45) is 1.12. The van der Waals surface area contributed by atoms with Crippen LogP contribution in [0.3, 0.4) is 0 Å². The van der Waals surface area contributed by atoms with E-state index in [0.717, 1.165) is 11.8 Å². The Morgan fingerprint density at radius 3 is 2.69 bits per heavy atom. The maximum atomic E-state index is 10.8. The summed E-state index contributed by atoms with van der Waals surface area (Å²) in [4.78, 5) is 10.8. The molecule has 1 aromatic rings. The van der Waals surface area contributed by atoms with Gasteiger partial charge in [0.25, 0.3) is 0 Å². The maximum absolute atomic E-state index is 10.8. The second-order valence-electron chi connectivity index (χ2n) is 3.11. The first-order valence-corrected chi connectivity index (χ1v) is 5.39. The Bertz CT molecular complexity index is 337. The average molecular weight is 238 g/mol. The number of carbonyl (C=O) groups excluding carboxylic acids is 1. The molecule has 1 unspecified atom stereocenters. The summed E-state index contributed by atoms with van der Waals surface area (Å²) < 4.78 is 10.3. The fourth-order valence-corrected chi connectivity index (χ4v) is 1.14. The number of ether oxygens (including phenoxy) is 2. The first kappa shape index (κ1) is 12.6. The number of thiol groups is 1. The van der Waals surface area contributed by atoms with E-state index in [1.165, 1.54) is 0 Å². The van der Waals surface area contributed by atoms with E-state index >= 15 is 0 Å². The van der Waals surface area contributed by atoms with Crippen molar-refractivity contribution in [1.82, 2.24) is 0 Å². The molecule has 3 nitrogen and oxygen atoms in total. The Morgan fingerprint density at radius 2 is 2.06 bits per heavy atom. The molecule has 0 fully saturated rings. The van der Waals surface area contributed by atoms with Crippen molar-refractivity contribution in [3.8, 4) is 5.75 Å². The van der Waals surface area contributed by atoms with Crippen molar-refractivity contribution < 1.29 is 14.3 Å². The highest BCUT2D eigenvalue weighted by Crippen LogP contribution is 2.09. The molecule has 16 heavy (non-hydrogen) atoms. The summed E-state index contributed by atoms with van der Waals surface area (Å²) >= 11 is 4.24. The van der Waals surface area contributed by atoms with Gasteiger partial charge in [-0.3, -0.25) is 0 Å². The van der Waals surface area contributed by atoms with Crippen LogP contribution in [-0.2, 0) is 9.53 Å². The number of carbonyl (C=O) groups is 1. The molecule has 4 heteroatoms. The fraction of sp³-hybridized carbons (Fsp3) is 0.250. The van der Waals surface area contributed by atoms with Gasteiger partial charge in [-0.2, -0.15) is 12.6 Å². The molecule has 1 atom stereocenters. The normalized spacial score (nSPS) is 11.6. The predicted molar refractivity (Wildman–Crippen MR) is 65.9 cm³/mol. The van der Waals surface area contributed by atoms with Crippen molar-refractivity contribution >= 4 is 18.6 Å². The van der Waals surface area contributed by atoms with Crippen LogP contribution in [0.2, 0.25) is 0 Å². The molecular formula is C12H14O3S. The summed E-state index contributed by atoms with van der Waals surface area (Å²) in [6, 6.07) is 9.41. The molecule has 0 heterocycles. The Labute approximate surface area is 100 Å². The first-order valence-electron chi connectivity index (χ1n) is 4.87. The predicted octanol–water partition coefficient (Wildman–Crippen LogP) is 2.09. The highest BCUT2D eigenvalue weighted by molar-refractivity contribution is 7.81. The van der Waals surface area contributed by atoms with Gasteiger partial charge in [-0.15, -0.1) is 0 Å². The van der Waals surface area contributed by atoms with Crippen LogP contribution in [0.25, 0.3) is 0 Å². The Kier molecular flexibility index (Phi) is 5.50. The van der Waals surface area contributed by atoms with Gasteiger partial charge in [0.15, 0.2) is 0 Å². The van der Waals surface area contributed by atoms with Crippen molar-refractivity contribution in [3.63, 3.8) is 0 Å².